The number of rotatable bonds is 6. The summed E-state index contributed by atoms with van der Waals surface area (Å²) in [5.74, 6) is 0.582. The number of carbonyl (C=O) groups excluding carboxylic acids is 1. The van der Waals surface area contributed by atoms with Gasteiger partial charge in [-0.3, -0.25) is 4.99 Å². The molecular weight excluding hydrogens is 433 g/mol. The Morgan fingerprint density at radius 2 is 1.64 bits per heavy atom. The van der Waals surface area contributed by atoms with Crippen LogP contribution in [0.15, 0.2) is 4.99 Å². The predicted octanol–water partition coefficient (Wildman–Crippen LogP) is 2.20. The van der Waals surface area contributed by atoms with Crippen molar-refractivity contribution in [1.29, 1.82) is 0 Å². The molecule has 0 aliphatic carbocycles. The van der Waals surface area contributed by atoms with Crippen LogP contribution in [0.4, 0.5) is 4.79 Å². The Kier molecular flexibility index (Phi) is 11.4. The molecule has 1 fully saturated rings. The van der Waals surface area contributed by atoms with Crippen LogP contribution in [0, 0.1) is 0 Å². The fourth-order valence-corrected chi connectivity index (χ4v) is 2.57. The molecule has 2 N–H and O–H groups in total. The smallest absolute Gasteiger partial charge is 0.410 e. The number of carbonyl (C=O) groups is 1. The molecule has 0 radical (unpaired) electrons. The molecule has 0 bridgehead atoms. The minimum absolute atomic E-state index is 0. The number of nitrogens with zero attached hydrogens (tertiary/aromatic N) is 4. The van der Waals surface area contributed by atoms with E-state index in [9.17, 15) is 4.79 Å². The van der Waals surface area contributed by atoms with Crippen LogP contribution in [-0.2, 0) is 4.74 Å². The Morgan fingerprint density at radius 3 is 2.12 bits per heavy atom. The van der Waals surface area contributed by atoms with Gasteiger partial charge in [0.05, 0.1) is 0 Å². The van der Waals surface area contributed by atoms with Crippen molar-refractivity contribution in [2.24, 2.45) is 10.7 Å². The maximum absolute atomic E-state index is 12.0. The summed E-state index contributed by atoms with van der Waals surface area (Å²) in [4.78, 5) is 22.7. The SMILES string of the molecule is CCN(CC)CCCN=C(N)N1CCN(C(=O)OC(C)(C)C)CC1.I. The molecule has 8 heteroatoms. The Balaban J connectivity index is 0.00000576. The van der Waals surface area contributed by atoms with Gasteiger partial charge in [0.25, 0.3) is 0 Å². The van der Waals surface area contributed by atoms with Gasteiger partial charge in [-0.2, -0.15) is 0 Å². The highest BCUT2D eigenvalue weighted by Gasteiger charge is 2.26. The van der Waals surface area contributed by atoms with E-state index >= 15 is 0 Å². The largest absolute Gasteiger partial charge is 0.444 e. The average molecular weight is 469 g/mol. The number of nitrogens with two attached hydrogens (primary N) is 1. The van der Waals surface area contributed by atoms with Gasteiger partial charge >= 0.3 is 6.09 Å². The van der Waals surface area contributed by atoms with Gasteiger partial charge in [0.1, 0.15) is 5.60 Å². The van der Waals surface area contributed by atoms with Gasteiger partial charge in [0.15, 0.2) is 5.96 Å². The lowest BCUT2D eigenvalue weighted by Crippen LogP contribution is -2.53. The Bertz CT molecular complexity index is 414. The predicted molar refractivity (Wildman–Crippen MR) is 114 cm³/mol. The molecule has 1 heterocycles. The maximum Gasteiger partial charge on any atom is 0.410 e. The minimum atomic E-state index is -0.459. The number of guanidine groups is 1. The summed E-state index contributed by atoms with van der Waals surface area (Å²) in [6.07, 6.45) is 0.761. The number of halogens is 1. The number of aliphatic imine (C=N–C) groups is 1. The van der Waals surface area contributed by atoms with Gasteiger partial charge in [-0.1, -0.05) is 13.8 Å². The molecule has 148 valence electrons. The summed E-state index contributed by atoms with van der Waals surface area (Å²) in [5.41, 5.74) is 5.62. The fourth-order valence-electron chi connectivity index (χ4n) is 2.57. The number of ether oxygens (including phenoxy) is 1. The lowest BCUT2D eigenvalue weighted by atomic mass is 10.2. The van der Waals surface area contributed by atoms with E-state index in [1.54, 1.807) is 4.90 Å². The van der Waals surface area contributed by atoms with Gasteiger partial charge in [-0.05, 0) is 46.8 Å². The highest BCUT2D eigenvalue weighted by Crippen LogP contribution is 2.11. The first-order valence-electron chi connectivity index (χ1n) is 9.02. The second kappa shape index (κ2) is 11.8. The second-order valence-electron chi connectivity index (χ2n) is 7.07. The van der Waals surface area contributed by atoms with Crippen molar-refractivity contribution in [3.8, 4) is 0 Å². The standard InChI is InChI=1S/C17H35N5O2.HI/c1-6-20(7-2)10-8-9-19-15(18)21-11-13-22(14-12-21)16(23)24-17(3,4)5;/h6-14H2,1-5H3,(H2,18,19);1H. The molecule has 0 aromatic heterocycles. The third kappa shape index (κ3) is 9.48. The van der Waals surface area contributed by atoms with Crippen molar-refractivity contribution in [1.82, 2.24) is 14.7 Å². The van der Waals surface area contributed by atoms with E-state index in [0.29, 0.717) is 32.1 Å². The molecule has 1 amide bonds. The lowest BCUT2D eigenvalue weighted by molar-refractivity contribution is 0.0186. The average Bonchev–Trinajstić information content (AvgIpc) is 2.53. The van der Waals surface area contributed by atoms with E-state index in [4.69, 9.17) is 10.5 Å². The molecule has 0 spiro atoms. The molecular formula is C17H36IN5O2. The van der Waals surface area contributed by atoms with E-state index in [1.165, 1.54) is 0 Å². The van der Waals surface area contributed by atoms with Crippen LogP contribution in [0.25, 0.3) is 0 Å². The lowest BCUT2D eigenvalue weighted by Gasteiger charge is -2.36. The van der Waals surface area contributed by atoms with Crippen molar-refractivity contribution in [3.05, 3.63) is 0 Å². The summed E-state index contributed by atoms with van der Waals surface area (Å²) in [6.45, 7) is 16.6. The van der Waals surface area contributed by atoms with Gasteiger partial charge in [-0.25, -0.2) is 4.79 Å². The van der Waals surface area contributed by atoms with Gasteiger partial charge < -0.3 is 25.2 Å². The van der Waals surface area contributed by atoms with Crippen LogP contribution >= 0.6 is 24.0 Å². The van der Waals surface area contributed by atoms with Crippen molar-refractivity contribution in [2.45, 2.75) is 46.6 Å². The summed E-state index contributed by atoms with van der Waals surface area (Å²) in [5, 5.41) is 0. The summed E-state index contributed by atoms with van der Waals surface area (Å²) in [7, 11) is 0. The van der Waals surface area contributed by atoms with Crippen LogP contribution < -0.4 is 5.73 Å². The summed E-state index contributed by atoms with van der Waals surface area (Å²) < 4.78 is 5.40. The molecule has 0 aromatic rings. The van der Waals surface area contributed by atoms with Gasteiger partial charge in [-0.15, -0.1) is 24.0 Å². The molecule has 0 aromatic carbocycles. The molecule has 1 aliphatic rings. The van der Waals surface area contributed by atoms with Crippen molar-refractivity contribution in [2.75, 3.05) is 52.4 Å². The zero-order chi connectivity index (χ0) is 18.2. The molecule has 1 saturated heterocycles. The van der Waals surface area contributed by atoms with E-state index in [1.807, 2.05) is 25.7 Å². The van der Waals surface area contributed by atoms with Crippen molar-refractivity contribution < 1.29 is 9.53 Å². The normalized spacial score (nSPS) is 16.0. The van der Waals surface area contributed by atoms with E-state index in [0.717, 1.165) is 32.6 Å². The number of hydrogen-bond acceptors (Lipinski definition) is 4. The van der Waals surface area contributed by atoms with E-state index in [-0.39, 0.29) is 30.1 Å². The number of hydrogen-bond donors (Lipinski definition) is 1. The molecule has 7 nitrogen and oxygen atoms in total. The molecule has 0 unspecified atom stereocenters. The third-order valence-electron chi connectivity index (χ3n) is 4.06. The topological polar surface area (TPSA) is 74.4 Å². The Hall–Kier alpha value is -0.770. The zero-order valence-corrected chi connectivity index (χ0v) is 18.8. The zero-order valence-electron chi connectivity index (χ0n) is 16.5. The van der Waals surface area contributed by atoms with Crippen LogP contribution in [0.2, 0.25) is 0 Å². The Morgan fingerprint density at radius 1 is 1.12 bits per heavy atom. The van der Waals surface area contributed by atoms with Crippen LogP contribution in [0.5, 0.6) is 0 Å². The molecule has 1 aliphatic heterocycles. The summed E-state index contributed by atoms with van der Waals surface area (Å²) >= 11 is 0. The first kappa shape index (κ1) is 24.2. The summed E-state index contributed by atoms with van der Waals surface area (Å²) in [6, 6.07) is 0. The van der Waals surface area contributed by atoms with E-state index in [2.05, 4.69) is 23.7 Å². The quantitative estimate of drug-likeness (QED) is 0.280. The highest BCUT2D eigenvalue weighted by atomic mass is 127. The molecule has 0 atom stereocenters. The van der Waals surface area contributed by atoms with Gasteiger partial charge in [0, 0.05) is 32.7 Å². The van der Waals surface area contributed by atoms with E-state index < -0.39 is 5.60 Å². The number of piperazine rings is 1. The second-order valence-corrected chi connectivity index (χ2v) is 7.07. The van der Waals surface area contributed by atoms with Crippen LogP contribution in [0.3, 0.4) is 0 Å². The monoisotopic (exact) mass is 469 g/mol. The maximum atomic E-state index is 12.0. The molecule has 25 heavy (non-hydrogen) atoms. The highest BCUT2D eigenvalue weighted by molar-refractivity contribution is 14.0. The van der Waals surface area contributed by atoms with Crippen molar-refractivity contribution in [3.63, 3.8) is 0 Å². The first-order chi connectivity index (χ1) is 11.3. The first-order valence-corrected chi connectivity index (χ1v) is 9.02. The Labute approximate surface area is 170 Å². The molecule has 1 rings (SSSR count). The van der Waals surface area contributed by atoms with Gasteiger partial charge in [0.2, 0.25) is 0 Å². The third-order valence-corrected chi connectivity index (χ3v) is 4.06. The molecule has 0 saturated carbocycles. The number of amides is 1. The van der Waals surface area contributed by atoms with Crippen LogP contribution in [-0.4, -0.2) is 84.7 Å². The fraction of sp³-hybridized carbons (Fsp3) is 0.882. The van der Waals surface area contributed by atoms with Crippen molar-refractivity contribution >= 4 is 36.0 Å². The van der Waals surface area contributed by atoms with Crippen LogP contribution in [0.1, 0.15) is 41.0 Å². The minimum Gasteiger partial charge on any atom is -0.444 e.